The lowest BCUT2D eigenvalue weighted by Crippen LogP contribution is -2.58. The highest BCUT2D eigenvalue weighted by molar-refractivity contribution is 5.86. The van der Waals surface area contributed by atoms with Crippen LogP contribution in [0.3, 0.4) is 0 Å². The number of hydrogen-bond acceptors (Lipinski definition) is 6. The average Bonchev–Trinajstić information content (AvgIpc) is 2.78. The number of carbonyl (C=O) groups excluding carboxylic acids is 1. The lowest BCUT2D eigenvalue weighted by atomic mass is 9.89. The van der Waals surface area contributed by atoms with Crippen LogP contribution in [0.4, 0.5) is 0 Å². The highest BCUT2D eigenvalue weighted by Crippen LogP contribution is 2.38. The van der Waals surface area contributed by atoms with Crippen molar-refractivity contribution >= 4 is 5.91 Å². The molecule has 30 heavy (non-hydrogen) atoms. The number of ether oxygens (including phenoxy) is 2. The second-order valence-corrected chi connectivity index (χ2v) is 7.73. The van der Waals surface area contributed by atoms with Crippen LogP contribution in [0.5, 0.6) is 5.75 Å². The molecule has 0 saturated carbocycles. The lowest BCUT2D eigenvalue weighted by Gasteiger charge is -2.32. The Labute approximate surface area is 175 Å². The van der Waals surface area contributed by atoms with E-state index >= 15 is 0 Å². The molecule has 7 heteroatoms. The summed E-state index contributed by atoms with van der Waals surface area (Å²) < 4.78 is 11.2. The van der Waals surface area contributed by atoms with Gasteiger partial charge in [-0.1, -0.05) is 18.2 Å². The molecule has 2 aliphatic rings. The van der Waals surface area contributed by atoms with E-state index in [1.165, 1.54) is 0 Å². The fourth-order valence-electron chi connectivity index (χ4n) is 3.87. The van der Waals surface area contributed by atoms with Crippen LogP contribution in [-0.4, -0.2) is 30.7 Å². The summed E-state index contributed by atoms with van der Waals surface area (Å²) in [6.45, 7) is 1.28. The number of nitriles is 2. The number of nitrogens with one attached hydrogen (secondary N) is 1. The van der Waals surface area contributed by atoms with Crippen molar-refractivity contribution in [3.8, 4) is 29.0 Å². The number of hydrogen-bond donors (Lipinski definition) is 2. The molecular weight excluding hydrogens is 380 g/mol. The summed E-state index contributed by atoms with van der Waals surface area (Å²) in [4.78, 5) is 12.6. The highest BCUT2D eigenvalue weighted by atomic mass is 16.5. The van der Waals surface area contributed by atoms with E-state index in [9.17, 15) is 10.1 Å². The minimum Gasteiger partial charge on any atom is -0.488 e. The molecule has 2 aliphatic heterocycles. The number of rotatable bonds is 4. The van der Waals surface area contributed by atoms with Gasteiger partial charge in [0.15, 0.2) is 0 Å². The molecule has 1 fully saturated rings. The molecule has 0 bridgehead atoms. The lowest BCUT2D eigenvalue weighted by molar-refractivity contribution is -0.130. The Morgan fingerprint density at radius 2 is 1.93 bits per heavy atom. The van der Waals surface area contributed by atoms with Gasteiger partial charge in [-0.3, -0.25) is 4.79 Å². The molecule has 1 amide bonds. The maximum Gasteiger partial charge on any atom is 0.241 e. The van der Waals surface area contributed by atoms with E-state index in [-0.39, 0.29) is 5.91 Å². The number of fused-ring (bicyclic) bond motifs is 3. The molecule has 3 N–H and O–H groups in total. The number of carbonyl (C=O) groups is 1. The fourth-order valence-corrected chi connectivity index (χ4v) is 3.87. The predicted octanol–water partition coefficient (Wildman–Crippen LogP) is 2.18. The SMILES string of the molecule is N#Cc1ccc2c(c1)COc1cc(C[C@@H](C#N)NC(=O)C3(N)CCOCC3)ccc1-2. The normalized spacial score (nSPS) is 17.3. The Bertz CT molecular complexity index is 1060. The summed E-state index contributed by atoms with van der Waals surface area (Å²) in [5, 5.41) is 21.4. The molecule has 7 nitrogen and oxygen atoms in total. The smallest absolute Gasteiger partial charge is 0.241 e. The first-order valence-corrected chi connectivity index (χ1v) is 9.89. The van der Waals surface area contributed by atoms with Gasteiger partial charge in [0.25, 0.3) is 0 Å². The molecule has 2 heterocycles. The first-order chi connectivity index (χ1) is 14.5. The predicted molar refractivity (Wildman–Crippen MR) is 109 cm³/mol. The summed E-state index contributed by atoms with van der Waals surface area (Å²) in [7, 11) is 0. The van der Waals surface area contributed by atoms with Crippen molar-refractivity contribution in [1.29, 1.82) is 10.5 Å². The molecule has 152 valence electrons. The average molecular weight is 402 g/mol. The topological polar surface area (TPSA) is 121 Å². The monoisotopic (exact) mass is 402 g/mol. The second-order valence-electron chi connectivity index (χ2n) is 7.73. The Morgan fingerprint density at radius 1 is 1.17 bits per heavy atom. The van der Waals surface area contributed by atoms with E-state index in [0.717, 1.165) is 28.0 Å². The van der Waals surface area contributed by atoms with Crippen LogP contribution >= 0.6 is 0 Å². The van der Waals surface area contributed by atoms with Gasteiger partial charge in [0, 0.05) is 25.2 Å². The van der Waals surface area contributed by atoms with Crippen molar-refractivity contribution in [3.63, 3.8) is 0 Å². The van der Waals surface area contributed by atoms with Crippen LogP contribution < -0.4 is 15.8 Å². The molecular formula is C23H22N4O3. The minimum atomic E-state index is -0.988. The number of benzene rings is 2. The zero-order valence-corrected chi connectivity index (χ0v) is 16.5. The molecule has 0 unspecified atom stereocenters. The summed E-state index contributed by atoms with van der Waals surface area (Å²) in [5.41, 5.74) is 9.68. The zero-order valence-electron chi connectivity index (χ0n) is 16.5. The molecule has 0 spiro atoms. The second kappa shape index (κ2) is 8.16. The van der Waals surface area contributed by atoms with Crippen LogP contribution in [0.1, 0.15) is 29.5 Å². The van der Waals surface area contributed by atoms with Crippen molar-refractivity contribution in [3.05, 3.63) is 53.1 Å². The van der Waals surface area contributed by atoms with Gasteiger partial charge in [-0.2, -0.15) is 10.5 Å². The van der Waals surface area contributed by atoms with Gasteiger partial charge in [-0.05, 0) is 47.7 Å². The molecule has 1 atom stereocenters. The molecule has 0 aliphatic carbocycles. The van der Waals surface area contributed by atoms with Gasteiger partial charge < -0.3 is 20.5 Å². The van der Waals surface area contributed by atoms with E-state index < -0.39 is 11.6 Å². The summed E-state index contributed by atoms with van der Waals surface area (Å²) >= 11 is 0. The maximum absolute atomic E-state index is 12.6. The maximum atomic E-state index is 12.6. The van der Waals surface area contributed by atoms with Crippen molar-refractivity contribution in [2.75, 3.05) is 13.2 Å². The van der Waals surface area contributed by atoms with Gasteiger partial charge in [0.1, 0.15) is 18.4 Å². The van der Waals surface area contributed by atoms with Crippen LogP contribution in [-0.2, 0) is 22.6 Å². The Hall–Kier alpha value is -3.39. The van der Waals surface area contributed by atoms with E-state index in [1.807, 2.05) is 30.3 Å². The van der Waals surface area contributed by atoms with Gasteiger partial charge in [0.05, 0.1) is 23.2 Å². The first kappa shape index (κ1) is 19.9. The molecule has 4 rings (SSSR count). The third-order valence-corrected chi connectivity index (χ3v) is 5.69. The van der Waals surface area contributed by atoms with Crippen molar-refractivity contribution in [2.24, 2.45) is 5.73 Å². The minimum absolute atomic E-state index is 0.311. The van der Waals surface area contributed by atoms with Crippen LogP contribution in [0.2, 0.25) is 0 Å². The fraction of sp³-hybridized carbons (Fsp3) is 0.348. The van der Waals surface area contributed by atoms with Crippen molar-refractivity contribution in [2.45, 2.75) is 37.5 Å². The number of nitrogens with two attached hydrogens (primary N) is 1. The van der Waals surface area contributed by atoms with E-state index in [4.69, 9.17) is 20.5 Å². The van der Waals surface area contributed by atoms with Crippen molar-refractivity contribution in [1.82, 2.24) is 5.32 Å². The van der Waals surface area contributed by atoms with Crippen LogP contribution in [0.25, 0.3) is 11.1 Å². The largest absolute Gasteiger partial charge is 0.488 e. The zero-order chi connectivity index (χ0) is 21.1. The standard InChI is InChI=1S/C23H22N4O3/c24-12-16-2-3-19-17(9-16)14-30-21-11-15(1-4-20(19)21)10-18(13-25)27-22(28)23(26)5-7-29-8-6-23/h1-4,9,11,18H,5-8,10,14,26H2,(H,27,28)/t18-/m0/s1. The Kier molecular flexibility index (Phi) is 5.41. The molecule has 2 aromatic rings. The highest BCUT2D eigenvalue weighted by Gasteiger charge is 2.36. The molecule has 2 aromatic carbocycles. The first-order valence-electron chi connectivity index (χ1n) is 9.89. The van der Waals surface area contributed by atoms with E-state index in [0.29, 0.717) is 44.6 Å². The van der Waals surface area contributed by atoms with E-state index in [2.05, 4.69) is 17.5 Å². The summed E-state index contributed by atoms with van der Waals surface area (Å²) in [6, 6.07) is 15.0. The van der Waals surface area contributed by atoms with Crippen molar-refractivity contribution < 1.29 is 14.3 Å². The molecule has 0 radical (unpaired) electrons. The van der Waals surface area contributed by atoms with Gasteiger partial charge in [0.2, 0.25) is 5.91 Å². The third kappa shape index (κ3) is 3.86. The molecule has 1 saturated heterocycles. The molecule has 0 aromatic heterocycles. The third-order valence-electron chi connectivity index (χ3n) is 5.69. The Morgan fingerprint density at radius 3 is 2.67 bits per heavy atom. The van der Waals surface area contributed by atoms with Gasteiger partial charge in [-0.15, -0.1) is 0 Å². The number of nitrogens with zero attached hydrogens (tertiary/aromatic N) is 2. The Balaban J connectivity index is 1.49. The number of amides is 1. The quantitative estimate of drug-likeness (QED) is 0.808. The summed E-state index contributed by atoms with van der Waals surface area (Å²) in [5.74, 6) is 0.418. The summed E-state index contributed by atoms with van der Waals surface area (Å²) in [6.07, 6.45) is 1.23. The van der Waals surface area contributed by atoms with Gasteiger partial charge in [-0.25, -0.2) is 0 Å². The van der Waals surface area contributed by atoms with Gasteiger partial charge >= 0.3 is 0 Å². The van der Waals surface area contributed by atoms with Crippen LogP contribution in [0.15, 0.2) is 36.4 Å². The van der Waals surface area contributed by atoms with Crippen LogP contribution in [0, 0.1) is 22.7 Å². The van der Waals surface area contributed by atoms with E-state index in [1.54, 1.807) is 6.07 Å².